The van der Waals surface area contributed by atoms with Crippen LogP contribution in [-0.2, 0) is 4.79 Å². The predicted molar refractivity (Wildman–Crippen MR) is 99.2 cm³/mol. The standard InChI is InChI=1S/C15H15N9OS/c16-24-14(21-19-9-11-4-3-6-17-8-11)22-23-15(24)26-10-13(25)20-12-5-1-2-7-18-12/h1-9H,10,16H2,(H,21,22)(H,18,20,25)/b19-9+. The number of hydrazone groups is 1. The summed E-state index contributed by atoms with van der Waals surface area (Å²) in [5, 5.41) is 14.9. The minimum atomic E-state index is -0.221. The molecule has 0 spiro atoms. The van der Waals surface area contributed by atoms with Gasteiger partial charge < -0.3 is 11.2 Å². The van der Waals surface area contributed by atoms with Gasteiger partial charge in [-0.1, -0.05) is 23.9 Å². The van der Waals surface area contributed by atoms with E-state index in [1.807, 2.05) is 6.07 Å². The monoisotopic (exact) mass is 369 g/mol. The van der Waals surface area contributed by atoms with Crippen molar-refractivity contribution in [2.24, 2.45) is 5.10 Å². The first-order valence-corrected chi connectivity index (χ1v) is 8.44. The van der Waals surface area contributed by atoms with Crippen LogP contribution < -0.4 is 16.6 Å². The third kappa shape index (κ3) is 4.77. The molecule has 0 atom stereocenters. The van der Waals surface area contributed by atoms with E-state index in [1.54, 1.807) is 49.1 Å². The molecule has 3 rings (SSSR count). The second-order valence-corrected chi connectivity index (χ2v) is 5.83. The summed E-state index contributed by atoms with van der Waals surface area (Å²) in [7, 11) is 0. The topological polar surface area (TPSA) is 136 Å². The van der Waals surface area contributed by atoms with Crippen LogP contribution in [0.4, 0.5) is 11.8 Å². The Morgan fingerprint density at radius 1 is 1.27 bits per heavy atom. The van der Waals surface area contributed by atoms with E-state index in [0.29, 0.717) is 11.0 Å². The zero-order chi connectivity index (χ0) is 18.2. The highest BCUT2D eigenvalue weighted by atomic mass is 32.2. The second-order valence-electron chi connectivity index (χ2n) is 4.88. The number of nitrogens with one attached hydrogen (secondary N) is 2. The molecule has 3 aromatic rings. The van der Waals surface area contributed by atoms with E-state index in [1.165, 1.54) is 4.68 Å². The summed E-state index contributed by atoms with van der Waals surface area (Å²) in [6.45, 7) is 0. The molecule has 0 aliphatic rings. The summed E-state index contributed by atoms with van der Waals surface area (Å²) in [6.07, 6.45) is 6.52. The molecule has 0 unspecified atom stereocenters. The highest BCUT2D eigenvalue weighted by Gasteiger charge is 2.12. The van der Waals surface area contributed by atoms with Gasteiger partial charge in [-0.15, -0.1) is 10.2 Å². The number of thioether (sulfide) groups is 1. The van der Waals surface area contributed by atoms with E-state index < -0.39 is 0 Å². The average molecular weight is 369 g/mol. The quantitative estimate of drug-likeness (QED) is 0.242. The molecule has 132 valence electrons. The third-order valence-corrected chi connectivity index (χ3v) is 3.93. The lowest BCUT2D eigenvalue weighted by Gasteiger charge is -2.04. The van der Waals surface area contributed by atoms with Gasteiger partial charge in [-0.25, -0.2) is 15.1 Å². The number of pyridine rings is 2. The predicted octanol–water partition coefficient (Wildman–Crippen LogP) is 0.959. The SMILES string of the molecule is Nn1c(N/N=C/c2cccnc2)nnc1SCC(=O)Nc1ccccn1. The van der Waals surface area contributed by atoms with Crippen molar-refractivity contribution in [2.75, 3.05) is 22.3 Å². The Morgan fingerprint density at radius 2 is 2.19 bits per heavy atom. The normalized spacial score (nSPS) is 10.8. The van der Waals surface area contributed by atoms with E-state index in [-0.39, 0.29) is 17.6 Å². The van der Waals surface area contributed by atoms with Crippen LogP contribution in [0.5, 0.6) is 0 Å². The molecule has 11 heteroatoms. The summed E-state index contributed by atoms with van der Waals surface area (Å²) in [4.78, 5) is 19.9. The highest BCUT2D eigenvalue weighted by molar-refractivity contribution is 7.99. The Balaban J connectivity index is 1.52. The largest absolute Gasteiger partial charge is 0.334 e. The summed E-state index contributed by atoms with van der Waals surface area (Å²) in [5.41, 5.74) is 3.51. The number of aromatic nitrogens is 5. The Labute approximate surface area is 152 Å². The first kappa shape index (κ1) is 17.4. The number of carbonyl (C=O) groups is 1. The number of nitrogen functional groups attached to an aromatic ring is 1. The van der Waals surface area contributed by atoms with Gasteiger partial charge in [-0.2, -0.15) is 5.10 Å². The van der Waals surface area contributed by atoms with Crippen LogP contribution in [-0.4, -0.2) is 42.7 Å². The molecule has 0 aliphatic carbocycles. The Bertz CT molecular complexity index is 883. The van der Waals surface area contributed by atoms with Gasteiger partial charge in [0.25, 0.3) is 5.95 Å². The average Bonchev–Trinajstić information content (AvgIpc) is 3.02. The van der Waals surface area contributed by atoms with Gasteiger partial charge in [-0.05, 0) is 18.2 Å². The van der Waals surface area contributed by atoms with Crippen LogP contribution in [0, 0.1) is 0 Å². The van der Waals surface area contributed by atoms with E-state index in [0.717, 1.165) is 17.3 Å². The van der Waals surface area contributed by atoms with E-state index in [9.17, 15) is 4.79 Å². The molecule has 4 N–H and O–H groups in total. The van der Waals surface area contributed by atoms with Gasteiger partial charge in [0.1, 0.15) is 5.82 Å². The maximum absolute atomic E-state index is 11.9. The van der Waals surface area contributed by atoms with Crippen LogP contribution in [0.2, 0.25) is 0 Å². The van der Waals surface area contributed by atoms with Crippen molar-refractivity contribution < 1.29 is 4.79 Å². The Hall–Kier alpha value is -3.47. The molecule has 10 nitrogen and oxygen atoms in total. The number of nitrogens with zero attached hydrogens (tertiary/aromatic N) is 6. The molecule has 0 radical (unpaired) electrons. The van der Waals surface area contributed by atoms with Crippen molar-refractivity contribution in [1.82, 2.24) is 24.8 Å². The lowest BCUT2D eigenvalue weighted by molar-refractivity contribution is -0.113. The number of hydrogen-bond donors (Lipinski definition) is 3. The molecule has 0 bridgehead atoms. The smallest absolute Gasteiger partial charge is 0.264 e. The van der Waals surface area contributed by atoms with Gasteiger partial charge in [0.05, 0.1) is 12.0 Å². The first-order valence-electron chi connectivity index (χ1n) is 7.45. The lowest BCUT2D eigenvalue weighted by atomic mass is 10.3. The zero-order valence-corrected chi connectivity index (χ0v) is 14.3. The van der Waals surface area contributed by atoms with Gasteiger partial charge in [0, 0.05) is 24.2 Å². The molecule has 0 saturated carbocycles. The molecule has 26 heavy (non-hydrogen) atoms. The van der Waals surface area contributed by atoms with Crippen molar-refractivity contribution in [1.29, 1.82) is 0 Å². The molecule has 3 aromatic heterocycles. The molecule has 0 saturated heterocycles. The fourth-order valence-corrected chi connectivity index (χ4v) is 2.47. The van der Waals surface area contributed by atoms with Crippen molar-refractivity contribution in [3.05, 3.63) is 54.5 Å². The maximum Gasteiger partial charge on any atom is 0.264 e. The number of amides is 1. The van der Waals surface area contributed by atoms with Crippen LogP contribution in [0.1, 0.15) is 5.56 Å². The number of rotatable bonds is 7. The van der Waals surface area contributed by atoms with Crippen molar-refractivity contribution in [3.8, 4) is 0 Å². The molecule has 3 heterocycles. The van der Waals surface area contributed by atoms with Crippen LogP contribution in [0.3, 0.4) is 0 Å². The van der Waals surface area contributed by atoms with E-state index >= 15 is 0 Å². The van der Waals surface area contributed by atoms with E-state index in [4.69, 9.17) is 5.84 Å². The molecule has 0 aromatic carbocycles. The fourth-order valence-electron chi connectivity index (χ4n) is 1.81. The lowest BCUT2D eigenvalue weighted by Crippen LogP contribution is -2.17. The van der Waals surface area contributed by atoms with Crippen LogP contribution >= 0.6 is 11.8 Å². The van der Waals surface area contributed by atoms with Gasteiger partial charge in [0.15, 0.2) is 0 Å². The van der Waals surface area contributed by atoms with Gasteiger partial charge in [0.2, 0.25) is 11.1 Å². The van der Waals surface area contributed by atoms with E-state index in [2.05, 4.69) is 36.0 Å². The number of carbonyl (C=O) groups excluding carboxylic acids is 1. The van der Waals surface area contributed by atoms with Crippen molar-refractivity contribution in [2.45, 2.75) is 5.16 Å². The summed E-state index contributed by atoms with van der Waals surface area (Å²) in [5.74, 6) is 6.53. The number of anilines is 2. The second kappa shape index (κ2) is 8.58. The molecule has 1 amide bonds. The molecule has 0 fully saturated rings. The third-order valence-electron chi connectivity index (χ3n) is 2.99. The molecule has 0 aliphatic heterocycles. The van der Waals surface area contributed by atoms with Crippen molar-refractivity contribution in [3.63, 3.8) is 0 Å². The minimum absolute atomic E-state index is 0.116. The van der Waals surface area contributed by atoms with Gasteiger partial charge >= 0.3 is 0 Å². The summed E-state index contributed by atoms with van der Waals surface area (Å²) in [6, 6.07) is 8.92. The number of nitrogens with two attached hydrogens (primary N) is 1. The van der Waals surface area contributed by atoms with Crippen LogP contribution in [0.25, 0.3) is 0 Å². The molecular weight excluding hydrogens is 354 g/mol. The Morgan fingerprint density at radius 3 is 2.96 bits per heavy atom. The summed E-state index contributed by atoms with van der Waals surface area (Å²) < 4.78 is 1.22. The molecular formula is C15H15N9OS. The fraction of sp³-hybridized carbons (Fsp3) is 0.0667. The number of hydrogen-bond acceptors (Lipinski definition) is 9. The Kier molecular flexibility index (Phi) is 5.72. The first-order chi connectivity index (χ1) is 12.7. The summed E-state index contributed by atoms with van der Waals surface area (Å²) >= 11 is 1.15. The van der Waals surface area contributed by atoms with Crippen molar-refractivity contribution >= 4 is 35.6 Å². The maximum atomic E-state index is 11.9. The zero-order valence-electron chi connectivity index (χ0n) is 13.5. The highest BCUT2D eigenvalue weighted by Crippen LogP contribution is 2.16. The van der Waals surface area contributed by atoms with Gasteiger partial charge in [-0.3, -0.25) is 9.78 Å². The van der Waals surface area contributed by atoms with Crippen LogP contribution in [0.15, 0.2) is 59.2 Å². The minimum Gasteiger partial charge on any atom is -0.334 e.